The van der Waals surface area contributed by atoms with Crippen LogP contribution in [-0.4, -0.2) is 23.2 Å². The number of anilines is 1. The van der Waals surface area contributed by atoms with Gasteiger partial charge >= 0.3 is 71.8 Å². The van der Waals surface area contributed by atoms with Gasteiger partial charge in [-0.25, -0.2) is 4.79 Å². The van der Waals surface area contributed by atoms with Gasteiger partial charge in [0, 0.05) is 32.1 Å². The van der Waals surface area contributed by atoms with Gasteiger partial charge in [-0.1, -0.05) is 54.3 Å². The zero-order chi connectivity index (χ0) is 25.5. The van der Waals surface area contributed by atoms with Crippen LogP contribution >= 0.6 is 0 Å². The summed E-state index contributed by atoms with van der Waals surface area (Å²) in [4.78, 5) is 36.0. The standard InChI is InChI=1S/C24H23F2N3O6.2Na/c1-29-10-9-18(30)21(22(29)33)28-24(34)27-17(13-20(31)32)15-7-4-5-14(11-15)12-16-6-2-3-8-19(16)35-23(25)26;;/h2-11,17,23,30H,12-13H2,1H3,(H,31,32)(H2,27,28,34);;/q;2*+1/p-2/t17-;;/m0../s1. The Bertz CT molecular complexity index is 1290. The number of para-hydroxylation sites is 1. The average Bonchev–Trinajstić information content (AvgIpc) is 2.80. The number of nitrogens with zero attached hydrogens (tertiary/aromatic N) is 1. The third kappa shape index (κ3) is 9.44. The number of nitrogens with one attached hydrogen (secondary N) is 2. The minimum atomic E-state index is -2.99. The maximum Gasteiger partial charge on any atom is 1.00 e. The van der Waals surface area contributed by atoms with Gasteiger partial charge in [0.25, 0.3) is 5.56 Å². The maximum atomic E-state index is 12.7. The van der Waals surface area contributed by atoms with Gasteiger partial charge in [0.1, 0.15) is 11.4 Å². The SMILES string of the molecule is Cn1ccc([O-])c(NC(=O)N[C@@H](CC(=O)[O-])c2cccc(Cc3ccccc3OC(F)F)c2)c1=O.[Na+].[Na+]. The van der Waals surface area contributed by atoms with E-state index in [1.54, 1.807) is 42.5 Å². The molecule has 3 aromatic rings. The van der Waals surface area contributed by atoms with Crippen LogP contribution in [0.5, 0.6) is 11.5 Å². The quantitative estimate of drug-likeness (QED) is 0.268. The predicted octanol–water partition coefficient (Wildman–Crippen LogP) is -4.34. The van der Waals surface area contributed by atoms with Crippen molar-refractivity contribution >= 4 is 17.7 Å². The Morgan fingerprint density at radius 3 is 2.46 bits per heavy atom. The molecule has 1 aromatic heterocycles. The number of carbonyl (C=O) groups excluding carboxylic acids is 2. The molecule has 0 aliphatic carbocycles. The predicted molar refractivity (Wildman–Crippen MR) is 118 cm³/mol. The number of benzene rings is 2. The molecule has 184 valence electrons. The van der Waals surface area contributed by atoms with Gasteiger partial charge in [-0.2, -0.15) is 8.78 Å². The van der Waals surface area contributed by atoms with Crippen LogP contribution in [0.15, 0.2) is 65.6 Å². The van der Waals surface area contributed by atoms with Gasteiger partial charge < -0.3 is 34.9 Å². The summed E-state index contributed by atoms with van der Waals surface area (Å²) in [5.41, 5.74) is 0.296. The first kappa shape index (κ1) is 32.6. The molecule has 0 fully saturated rings. The van der Waals surface area contributed by atoms with Crippen LogP contribution in [0.2, 0.25) is 0 Å². The second kappa shape index (κ2) is 15.1. The smallest absolute Gasteiger partial charge is 0.871 e. The number of aryl methyl sites for hydroxylation is 1. The Kier molecular flexibility index (Phi) is 13.3. The summed E-state index contributed by atoms with van der Waals surface area (Å²) in [6.07, 6.45) is 0.849. The molecular weight excluding hydrogens is 510 g/mol. The van der Waals surface area contributed by atoms with Gasteiger partial charge in [-0.15, -0.1) is 0 Å². The second-order valence-corrected chi connectivity index (χ2v) is 7.61. The zero-order valence-corrected chi connectivity index (χ0v) is 24.5. The van der Waals surface area contributed by atoms with E-state index >= 15 is 0 Å². The number of urea groups is 1. The Morgan fingerprint density at radius 1 is 1.08 bits per heavy atom. The summed E-state index contributed by atoms with van der Waals surface area (Å²) in [6.45, 7) is -2.99. The molecule has 9 nitrogen and oxygen atoms in total. The number of carboxylic acids is 1. The molecule has 1 atom stereocenters. The summed E-state index contributed by atoms with van der Waals surface area (Å²) in [7, 11) is 1.40. The molecule has 0 bridgehead atoms. The fraction of sp³-hybridized carbons (Fsp3) is 0.208. The average molecular weight is 531 g/mol. The van der Waals surface area contributed by atoms with Gasteiger partial charge in [0.15, 0.2) is 0 Å². The van der Waals surface area contributed by atoms with E-state index in [0.717, 1.165) is 10.6 Å². The van der Waals surface area contributed by atoms with Crippen LogP contribution in [0.25, 0.3) is 0 Å². The number of hydrogen-bond acceptors (Lipinski definition) is 6. The monoisotopic (exact) mass is 531 g/mol. The van der Waals surface area contributed by atoms with Crippen molar-refractivity contribution in [3.05, 3.63) is 87.8 Å². The number of hydrogen-bond donors (Lipinski definition) is 2. The fourth-order valence-corrected chi connectivity index (χ4v) is 3.45. The van der Waals surface area contributed by atoms with Gasteiger partial charge in [0.2, 0.25) is 0 Å². The molecule has 0 aliphatic rings. The molecule has 37 heavy (non-hydrogen) atoms. The van der Waals surface area contributed by atoms with Crippen molar-refractivity contribution in [2.45, 2.75) is 25.5 Å². The van der Waals surface area contributed by atoms with Crippen molar-refractivity contribution in [2.75, 3.05) is 5.32 Å². The van der Waals surface area contributed by atoms with Crippen molar-refractivity contribution in [3.63, 3.8) is 0 Å². The molecular formula is C24H21F2N3Na2O6. The van der Waals surface area contributed by atoms with E-state index in [1.165, 1.54) is 19.3 Å². The molecule has 0 radical (unpaired) electrons. The number of alkyl halides is 2. The van der Waals surface area contributed by atoms with Crippen molar-refractivity contribution in [1.82, 2.24) is 9.88 Å². The minimum Gasteiger partial charge on any atom is -0.871 e. The van der Waals surface area contributed by atoms with E-state index in [4.69, 9.17) is 0 Å². The van der Waals surface area contributed by atoms with E-state index in [2.05, 4.69) is 15.4 Å². The molecule has 3 rings (SSSR count). The fourth-order valence-electron chi connectivity index (χ4n) is 3.45. The van der Waals surface area contributed by atoms with Crippen LogP contribution in [0.4, 0.5) is 19.3 Å². The summed E-state index contributed by atoms with van der Waals surface area (Å²) < 4.78 is 31.1. The van der Waals surface area contributed by atoms with Gasteiger partial charge in [0.05, 0.1) is 6.04 Å². The zero-order valence-electron chi connectivity index (χ0n) is 20.5. The third-order valence-corrected chi connectivity index (χ3v) is 5.08. The molecule has 0 saturated carbocycles. The van der Waals surface area contributed by atoms with Crippen LogP contribution in [0.3, 0.4) is 0 Å². The van der Waals surface area contributed by atoms with Gasteiger partial charge in [-0.3, -0.25) is 4.79 Å². The summed E-state index contributed by atoms with van der Waals surface area (Å²) in [6, 6.07) is 11.8. The van der Waals surface area contributed by atoms with E-state index < -0.39 is 48.1 Å². The number of carbonyl (C=O) groups is 2. The first-order valence-corrected chi connectivity index (χ1v) is 10.4. The minimum absolute atomic E-state index is 0. The Balaban J connectivity index is 0.00000342. The number of pyridine rings is 1. The van der Waals surface area contributed by atoms with E-state index in [9.17, 15) is 33.4 Å². The molecule has 2 amide bonds. The first-order chi connectivity index (χ1) is 16.6. The van der Waals surface area contributed by atoms with Crippen LogP contribution in [-0.2, 0) is 18.3 Å². The van der Waals surface area contributed by atoms with Crippen LogP contribution in [0.1, 0.15) is 29.2 Å². The van der Waals surface area contributed by atoms with E-state index in [-0.39, 0.29) is 71.3 Å². The summed E-state index contributed by atoms with van der Waals surface area (Å²) in [5, 5.41) is 27.9. The Morgan fingerprint density at radius 2 is 1.78 bits per heavy atom. The molecule has 1 heterocycles. The van der Waals surface area contributed by atoms with Crippen molar-refractivity contribution in [2.24, 2.45) is 7.05 Å². The number of rotatable bonds is 9. The molecule has 0 spiro atoms. The van der Waals surface area contributed by atoms with Crippen molar-refractivity contribution in [3.8, 4) is 11.5 Å². The largest absolute Gasteiger partial charge is 1.00 e. The van der Waals surface area contributed by atoms with E-state index in [0.29, 0.717) is 16.7 Å². The number of carboxylic acid groups (broad SMARTS) is 1. The number of aliphatic carboxylic acids is 1. The normalized spacial score (nSPS) is 11.0. The topological polar surface area (TPSA) is 136 Å². The van der Waals surface area contributed by atoms with Crippen LogP contribution < -0.4 is 90.3 Å². The van der Waals surface area contributed by atoms with Gasteiger partial charge in [-0.05, 0) is 22.8 Å². The summed E-state index contributed by atoms with van der Waals surface area (Å²) in [5.74, 6) is -2.14. The Hall–Kier alpha value is -2.41. The van der Waals surface area contributed by atoms with Crippen LogP contribution in [0, 0.1) is 0 Å². The summed E-state index contributed by atoms with van der Waals surface area (Å²) >= 11 is 0. The third-order valence-electron chi connectivity index (χ3n) is 5.08. The number of ether oxygens (including phenoxy) is 1. The number of halogens is 2. The Labute approximate surface area is 255 Å². The van der Waals surface area contributed by atoms with Crippen molar-refractivity contribution in [1.29, 1.82) is 0 Å². The molecule has 2 N–H and O–H groups in total. The molecule has 0 unspecified atom stereocenters. The second-order valence-electron chi connectivity index (χ2n) is 7.61. The number of aromatic nitrogens is 1. The first-order valence-electron chi connectivity index (χ1n) is 10.4. The maximum absolute atomic E-state index is 12.7. The van der Waals surface area contributed by atoms with E-state index in [1.807, 2.05) is 0 Å². The van der Waals surface area contributed by atoms with Crippen molar-refractivity contribution < 1.29 is 92.4 Å². The molecule has 13 heteroatoms. The molecule has 2 aromatic carbocycles. The number of amides is 2. The molecule has 0 aliphatic heterocycles. The molecule has 0 saturated heterocycles.